The Labute approximate surface area is 53.3 Å². The van der Waals surface area contributed by atoms with Gasteiger partial charge in [-0.3, -0.25) is 0 Å². The van der Waals surface area contributed by atoms with E-state index >= 15 is 0 Å². The van der Waals surface area contributed by atoms with Gasteiger partial charge >= 0.3 is 18.9 Å². The topological polar surface area (TPSA) is 0 Å². The molecule has 1 aliphatic rings. The summed E-state index contributed by atoms with van der Waals surface area (Å²) < 4.78 is 13.8. The second kappa shape index (κ2) is 2.35. The molecule has 0 heterocycles. The van der Waals surface area contributed by atoms with Gasteiger partial charge in [0, 0.05) is 2.74 Å². The maximum atomic E-state index is 6.89. The fourth-order valence-electron chi connectivity index (χ4n) is 0.152. The normalized spacial score (nSPS) is 56.2. The van der Waals surface area contributed by atoms with Crippen LogP contribution in [0.25, 0.3) is 0 Å². The van der Waals surface area contributed by atoms with Crippen molar-refractivity contribution in [3.05, 3.63) is 6.42 Å². The molecular weight excluding hydrogens is 67.0 g/mol. The Morgan fingerprint density at radius 2 is 2.33 bits per heavy atom. The molecule has 0 amide bonds. The van der Waals surface area contributed by atoms with E-state index in [1.807, 2.05) is 0 Å². The van der Waals surface area contributed by atoms with Crippen molar-refractivity contribution in [1.29, 1.82) is 0 Å². The van der Waals surface area contributed by atoms with Gasteiger partial charge in [0.1, 0.15) is 0 Å². The molecule has 3 atom stereocenters. The minimum absolute atomic E-state index is 0. The third-order valence-corrected chi connectivity index (χ3v) is 0.552. The van der Waals surface area contributed by atoms with Gasteiger partial charge in [-0.15, -0.1) is 0 Å². The molecule has 0 nitrogen and oxygen atoms in total. The third-order valence-electron chi connectivity index (χ3n) is 0.552. The van der Waals surface area contributed by atoms with E-state index in [1.165, 1.54) is 0 Å². The van der Waals surface area contributed by atoms with Gasteiger partial charge in [-0.1, -0.05) is 0 Å². The first-order valence-electron chi connectivity index (χ1n) is 2.69. The van der Waals surface area contributed by atoms with Crippen LogP contribution in [0.2, 0.25) is 0 Å². The molecule has 0 aromatic rings. The van der Waals surface area contributed by atoms with E-state index in [0.717, 1.165) is 0 Å². The van der Waals surface area contributed by atoms with Crippen molar-refractivity contribution >= 4 is 0 Å². The molecule has 6 heavy (non-hydrogen) atoms. The largest absolute Gasteiger partial charge is 1.00 e. The molecule has 0 aromatic heterocycles. The number of hydrogen-bond donors (Lipinski definition) is 0. The summed E-state index contributed by atoms with van der Waals surface area (Å²) >= 11 is 0. The minimum atomic E-state index is -0.350. The van der Waals surface area contributed by atoms with Crippen molar-refractivity contribution < 1.29 is 21.6 Å². The van der Waals surface area contributed by atoms with Gasteiger partial charge < -0.3 is 12.3 Å². The molecule has 1 heteroatoms. The van der Waals surface area contributed by atoms with Gasteiger partial charge in [-0.2, -0.15) is 0 Å². The maximum absolute atomic E-state index is 6.89. The van der Waals surface area contributed by atoms with E-state index in [-0.39, 0.29) is 37.6 Å². The first-order chi connectivity index (χ1) is 3.27. The molecule has 1 rings (SSSR count). The van der Waals surface area contributed by atoms with Gasteiger partial charge in [0.2, 0.25) is 0 Å². The van der Waals surface area contributed by atoms with Crippen molar-refractivity contribution in [2.24, 2.45) is 5.92 Å². The van der Waals surface area contributed by atoms with Crippen molar-refractivity contribution in [2.75, 3.05) is 0 Å². The van der Waals surface area contributed by atoms with Crippen LogP contribution < -0.4 is 18.9 Å². The van der Waals surface area contributed by atoms with Crippen LogP contribution in [0.1, 0.15) is 15.5 Å². The zero-order valence-corrected chi connectivity index (χ0v) is 3.73. The van der Waals surface area contributed by atoms with Crippen molar-refractivity contribution in [3.63, 3.8) is 0 Å². The molecule has 0 aromatic carbocycles. The van der Waals surface area contributed by atoms with Gasteiger partial charge in [0.25, 0.3) is 0 Å². The molecule has 0 radical (unpaired) electrons. The minimum Gasteiger partial charge on any atom is -0.693 e. The Kier molecular flexibility index (Phi) is 1.25. The zero-order chi connectivity index (χ0) is 5.44. The summed E-state index contributed by atoms with van der Waals surface area (Å²) in [5.74, 6) is 1.93. The molecule has 1 aliphatic carbocycles. The number of hydrogen-bond acceptors (Lipinski definition) is 0. The molecule has 1 saturated carbocycles. The molecule has 1 unspecified atom stereocenters. The average molecular weight is 74.0 g/mol. The summed E-state index contributed by atoms with van der Waals surface area (Å²) in [5.41, 5.74) is 0. The summed E-state index contributed by atoms with van der Waals surface area (Å²) in [5, 5.41) is 0. The van der Waals surface area contributed by atoms with Crippen LogP contribution in [0.15, 0.2) is 0 Å². The summed E-state index contributed by atoms with van der Waals surface area (Å²) in [6, 6.07) is 0. The summed E-state index contributed by atoms with van der Waals surface area (Å²) in [6.07, 6.45) is 5.79. The summed E-state index contributed by atoms with van der Waals surface area (Å²) in [6.45, 7) is 0. The first kappa shape index (κ1) is 3.20. The van der Waals surface area contributed by atoms with Crippen LogP contribution in [0.4, 0.5) is 0 Å². The smallest absolute Gasteiger partial charge is 0.693 e. The quantitative estimate of drug-likeness (QED) is 0.177. The van der Waals surface area contributed by atoms with Crippen LogP contribution in [0.5, 0.6) is 0 Å². The Morgan fingerprint density at radius 3 is 2.33 bits per heavy atom. The van der Waals surface area contributed by atoms with Crippen molar-refractivity contribution in [2.45, 2.75) is 12.8 Å². The van der Waals surface area contributed by atoms with Gasteiger partial charge in [0.15, 0.2) is 0 Å². The molecule has 0 bridgehead atoms. The van der Waals surface area contributed by atoms with Crippen molar-refractivity contribution in [3.8, 4) is 5.92 Å². The molecule has 0 spiro atoms. The predicted molar refractivity (Wildman–Crippen MR) is 19.9 cm³/mol. The predicted octanol–water partition coefficient (Wildman–Crippen LogP) is -2.01. The molecule has 0 aliphatic heterocycles. The summed E-state index contributed by atoms with van der Waals surface area (Å²) in [7, 11) is 0. The van der Waals surface area contributed by atoms with E-state index in [9.17, 15) is 0 Å². The van der Waals surface area contributed by atoms with E-state index in [4.69, 9.17) is 9.16 Å². The Bertz CT molecular complexity index is 110. The molecule has 0 N–H and O–H groups in total. The molecular formula is C5H5Li. The van der Waals surface area contributed by atoms with Crippen LogP contribution in [-0.4, -0.2) is 0 Å². The second-order valence-electron chi connectivity index (χ2n) is 1.06. The van der Waals surface area contributed by atoms with E-state index in [2.05, 4.69) is 5.92 Å². The van der Waals surface area contributed by atoms with Crippen LogP contribution in [0, 0.1) is 18.3 Å². The molecule has 0 saturated heterocycles. The monoisotopic (exact) mass is 74.1 g/mol. The fraction of sp³-hybridized carbons (Fsp3) is 0.600. The summed E-state index contributed by atoms with van der Waals surface area (Å²) in [4.78, 5) is 0. The molecule has 1 fully saturated rings. The third kappa shape index (κ3) is 1.56. The zero-order valence-electron chi connectivity index (χ0n) is 5.73. The average Bonchev–Trinajstić information content (AvgIpc) is 2.17. The standard InChI is InChI=1S/C5H5.Li/c1-2-5-3-4-5;/h5H,3-4H2;/q-1;+1/i3D,4D;/t3-,4+,5?;. The van der Waals surface area contributed by atoms with E-state index < -0.39 is 0 Å². The Morgan fingerprint density at radius 1 is 1.83 bits per heavy atom. The van der Waals surface area contributed by atoms with E-state index in [1.54, 1.807) is 0 Å². The van der Waals surface area contributed by atoms with Gasteiger partial charge in [-0.05, 0) is 18.7 Å². The van der Waals surface area contributed by atoms with E-state index in [0.29, 0.717) is 0 Å². The second-order valence-corrected chi connectivity index (χ2v) is 1.06. The fourth-order valence-corrected chi connectivity index (χ4v) is 0.152. The Hall–Kier alpha value is 0.157. The van der Waals surface area contributed by atoms with Crippen LogP contribution >= 0.6 is 0 Å². The Balaban J connectivity index is 0.000000490. The number of rotatable bonds is 0. The SMILES string of the molecule is [2H][C@@H]1C(C#[C-])[C@@H]1[2H].[Li+]. The molecule has 26 valence electrons. The first-order valence-corrected chi connectivity index (χ1v) is 1.54. The van der Waals surface area contributed by atoms with Crippen molar-refractivity contribution in [1.82, 2.24) is 0 Å². The van der Waals surface area contributed by atoms with Crippen LogP contribution in [0.3, 0.4) is 0 Å². The van der Waals surface area contributed by atoms with Crippen LogP contribution in [-0.2, 0) is 0 Å². The van der Waals surface area contributed by atoms with Gasteiger partial charge in [-0.25, -0.2) is 0 Å². The maximum Gasteiger partial charge on any atom is 1.00 e. The van der Waals surface area contributed by atoms with Gasteiger partial charge in [0.05, 0.1) is 0 Å².